The van der Waals surface area contributed by atoms with E-state index in [1.807, 2.05) is 0 Å². The largest absolute Gasteiger partial charge is 0.206 e. The minimum absolute atomic E-state index is 0.239. The van der Waals surface area contributed by atoms with Crippen molar-refractivity contribution in [2.75, 3.05) is 0 Å². The van der Waals surface area contributed by atoms with Crippen LogP contribution in [-0.2, 0) is 0 Å². The quantitative estimate of drug-likeness (QED) is 0.568. The van der Waals surface area contributed by atoms with E-state index < -0.39 is 11.6 Å². The first-order valence-corrected chi connectivity index (χ1v) is 4.47. The third-order valence-electron chi connectivity index (χ3n) is 2.58. The number of benzene rings is 2. The normalized spacial score (nSPS) is 11.7. The Morgan fingerprint density at radius 1 is 0.733 bits per heavy atom. The van der Waals surface area contributed by atoms with Gasteiger partial charge in [-0.2, -0.15) is 0 Å². The van der Waals surface area contributed by atoms with Crippen molar-refractivity contribution in [1.29, 1.82) is 0 Å². The zero-order valence-electron chi connectivity index (χ0n) is 7.52. The second-order valence-corrected chi connectivity index (χ2v) is 3.48. The maximum atomic E-state index is 12.9. The van der Waals surface area contributed by atoms with Crippen LogP contribution in [0.1, 0.15) is 0 Å². The third-order valence-corrected chi connectivity index (χ3v) is 2.58. The molecule has 3 heteroatoms. The van der Waals surface area contributed by atoms with Gasteiger partial charge in [-0.25, -0.2) is 13.2 Å². The molecule has 3 rings (SSSR count). The van der Waals surface area contributed by atoms with E-state index in [0.29, 0.717) is 22.3 Å². The van der Waals surface area contributed by atoms with E-state index in [0.717, 1.165) is 12.1 Å². The zero-order valence-corrected chi connectivity index (χ0v) is 7.52. The minimum atomic E-state index is -0.913. The first kappa shape index (κ1) is 8.53. The Hall–Kier alpha value is -1.77. The van der Waals surface area contributed by atoms with Crippen LogP contribution in [0.5, 0.6) is 0 Å². The fourth-order valence-corrected chi connectivity index (χ4v) is 1.75. The highest BCUT2D eigenvalue weighted by atomic mass is 19.2. The summed E-state index contributed by atoms with van der Waals surface area (Å²) in [6, 6.07) is 6.92. The maximum absolute atomic E-state index is 12.9. The highest BCUT2D eigenvalue weighted by Crippen LogP contribution is 2.48. The molecule has 0 aromatic heterocycles. The van der Waals surface area contributed by atoms with Crippen LogP contribution >= 0.6 is 0 Å². The Labute approximate surface area is 84.0 Å². The number of halogens is 3. The summed E-state index contributed by atoms with van der Waals surface area (Å²) >= 11 is 0. The van der Waals surface area contributed by atoms with Gasteiger partial charge >= 0.3 is 0 Å². The van der Waals surface area contributed by atoms with Gasteiger partial charge in [-0.1, -0.05) is 18.2 Å². The van der Waals surface area contributed by atoms with Crippen molar-refractivity contribution < 1.29 is 13.2 Å². The SMILES string of the molecule is Fc1ccc(-c2ccc3c(F)c2-3)cc1F. The van der Waals surface area contributed by atoms with Crippen LogP contribution in [0.2, 0.25) is 0 Å². The van der Waals surface area contributed by atoms with Crippen LogP contribution in [0.25, 0.3) is 22.3 Å². The number of hydrogen-bond donors (Lipinski definition) is 0. The summed E-state index contributed by atoms with van der Waals surface area (Å²) in [5, 5.41) is 0. The second kappa shape index (κ2) is 2.63. The van der Waals surface area contributed by atoms with Gasteiger partial charge < -0.3 is 0 Å². The van der Waals surface area contributed by atoms with Crippen molar-refractivity contribution in [2.24, 2.45) is 0 Å². The van der Waals surface area contributed by atoms with Crippen molar-refractivity contribution in [1.82, 2.24) is 0 Å². The molecule has 0 bridgehead atoms. The molecule has 0 N–H and O–H groups in total. The van der Waals surface area contributed by atoms with Crippen LogP contribution in [0.3, 0.4) is 0 Å². The summed E-state index contributed by atoms with van der Waals surface area (Å²) in [5.74, 6) is -2.04. The van der Waals surface area contributed by atoms with Crippen LogP contribution in [0, 0.1) is 17.5 Å². The van der Waals surface area contributed by atoms with Gasteiger partial charge in [-0.3, -0.25) is 0 Å². The molecule has 1 aromatic carbocycles. The third kappa shape index (κ3) is 1.09. The van der Waals surface area contributed by atoms with Crippen LogP contribution in [0.4, 0.5) is 13.2 Å². The van der Waals surface area contributed by atoms with E-state index in [-0.39, 0.29) is 5.82 Å². The summed E-state index contributed by atoms with van der Waals surface area (Å²) in [7, 11) is 0. The van der Waals surface area contributed by atoms with Gasteiger partial charge in [-0.05, 0) is 23.3 Å². The van der Waals surface area contributed by atoms with Crippen LogP contribution in [0.15, 0.2) is 30.3 Å². The van der Waals surface area contributed by atoms with Gasteiger partial charge in [0.25, 0.3) is 0 Å². The molecular formula is C12H5F3. The van der Waals surface area contributed by atoms with E-state index >= 15 is 0 Å². The lowest BCUT2D eigenvalue weighted by molar-refractivity contribution is 0.509. The van der Waals surface area contributed by atoms with Crippen molar-refractivity contribution >= 4 is 0 Å². The van der Waals surface area contributed by atoms with Gasteiger partial charge in [0.2, 0.25) is 0 Å². The van der Waals surface area contributed by atoms with Crippen molar-refractivity contribution in [3.8, 4) is 22.3 Å². The van der Waals surface area contributed by atoms with E-state index in [1.165, 1.54) is 6.07 Å². The van der Waals surface area contributed by atoms with Gasteiger partial charge in [0, 0.05) is 11.1 Å². The molecule has 0 radical (unpaired) electrons. The van der Waals surface area contributed by atoms with Gasteiger partial charge in [0.1, 0.15) is 5.82 Å². The molecule has 2 aliphatic carbocycles. The molecule has 0 spiro atoms. The predicted molar refractivity (Wildman–Crippen MR) is 50.7 cm³/mol. The van der Waals surface area contributed by atoms with Crippen molar-refractivity contribution in [3.63, 3.8) is 0 Å². The molecule has 0 heterocycles. The fraction of sp³-hybridized carbons (Fsp3) is 0. The molecule has 0 amide bonds. The molecule has 0 saturated heterocycles. The average Bonchev–Trinajstić information content (AvgIpc) is 2.69. The molecule has 2 aliphatic rings. The molecule has 0 saturated carbocycles. The second-order valence-electron chi connectivity index (χ2n) is 3.48. The first-order chi connectivity index (χ1) is 7.18. The summed E-state index contributed by atoms with van der Waals surface area (Å²) in [4.78, 5) is 0. The lowest BCUT2D eigenvalue weighted by Crippen LogP contribution is -1.84. The van der Waals surface area contributed by atoms with Gasteiger partial charge in [0.15, 0.2) is 11.6 Å². The standard InChI is InChI=1S/C12H5F3/c13-9-4-1-6(5-10(9)14)7-2-3-8-11(7)12(8)15/h1-5H. The lowest BCUT2D eigenvalue weighted by Gasteiger charge is -1.99. The van der Waals surface area contributed by atoms with E-state index in [2.05, 4.69) is 0 Å². The molecule has 0 atom stereocenters. The molecule has 1 aromatic rings. The van der Waals surface area contributed by atoms with Crippen LogP contribution < -0.4 is 0 Å². The molecule has 0 fully saturated rings. The lowest BCUT2D eigenvalue weighted by atomic mass is 10.1. The highest BCUT2D eigenvalue weighted by Gasteiger charge is 2.29. The van der Waals surface area contributed by atoms with Crippen molar-refractivity contribution in [3.05, 3.63) is 47.8 Å². The Kier molecular flexibility index (Phi) is 1.49. The topological polar surface area (TPSA) is 0 Å². The van der Waals surface area contributed by atoms with Gasteiger partial charge in [-0.15, -0.1) is 0 Å². The fourth-order valence-electron chi connectivity index (χ4n) is 1.75. The molecule has 15 heavy (non-hydrogen) atoms. The maximum Gasteiger partial charge on any atom is 0.159 e. The van der Waals surface area contributed by atoms with E-state index in [1.54, 1.807) is 12.1 Å². The Morgan fingerprint density at radius 3 is 2.07 bits per heavy atom. The first-order valence-electron chi connectivity index (χ1n) is 4.47. The van der Waals surface area contributed by atoms with Crippen LogP contribution in [-0.4, -0.2) is 0 Å². The van der Waals surface area contributed by atoms with E-state index in [4.69, 9.17) is 0 Å². The number of fused-ring (bicyclic) bond motifs is 1. The monoisotopic (exact) mass is 206 g/mol. The van der Waals surface area contributed by atoms with Gasteiger partial charge in [0.05, 0.1) is 0 Å². The van der Waals surface area contributed by atoms with E-state index in [9.17, 15) is 13.2 Å². The number of hydrogen-bond acceptors (Lipinski definition) is 0. The average molecular weight is 206 g/mol. The summed E-state index contributed by atoms with van der Waals surface area (Å²) in [5.41, 5.74) is 2.24. The predicted octanol–water partition coefficient (Wildman–Crippen LogP) is 3.75. The molecule has 0 nitrogen and oxygen atoms in total. The smallest absolute Gasteiger partial charge is 0.159 e. The summed E-state index contributed by atoms with van der Waals surface area (Å²) in [6.07, 6.45) is 0. The Balaban J connectivity index is 2.14. The Morgan fingerprint density at radius 2 is 1.47 bits per heavy atom. The number of rotatable bonds is 1. The molecule has 0 aliphatic heterocycles. The van der Waals surface area contributed by atoms with Crippen molar-refractivity contribution in [2.45, 2.75) is 0 Å². The summed E-state index contributed by atoms with van der Waals surface area (Å²) < 4.78 is 38.6. The highest BCUT2D eigenvalue weighted by molar-refractivity contribution is 5.97. The Bertz CT molecular complexity index is 573. The zero-order chi connectivity index (χ0) is 10.6. The molecule has 74 valence electrons. The molecule has 0 unspecified atom stereocenters. The molecular weight excluding hydrogens is 201 g/mol. The minimum Gasteiger partial charge on any atom is -0.206 e. The summed E-state index contributed by atoms with van der Waals surface area (Å²) in [6.45, 7) is 0.